The zero-order valence-corrected chi connectivity index (χ0v) is 33.8. The summed E-state index contributed by atoms with van der Waals surface area (Å²) < 4.78 is 21.5. The third-order valence-electron chi connectivity index (χ3n) is 9.48. The van der Waals surface area contributed by atoms with E-state index in [0.29, 0.717) is 30.0 Å². The number of aromatic nitrogens is 10. The molecular weight excluding hydrogens is 851 g/mol. The van der Waals surface area contributed by atoms with Gasteiger partial charge in [-0.1, -0.05) is 54.6 Å². The van der Waals surface area contributed by atoms with Crippen LogP contribution in [-0.2, 0) is 20.1 Å². The van der Waals surface area contributed by atoms with Gasteiger partial charge in [-0.05, 0) is 86.3 Å². The quantitative estimate of drug-likeness (QED) is 0.138. The van der Waals surface area contributed by atoms with Crippen LogP contribution < -0.4 is 10.6 Å². The fraction of sp³-hybridized carbons (Fsp3) is 0.0952. The first kappa shape index (κ1) is 36.2. The molecule has 0 unspecified atom stereocenters. The van der Waals surface area contributed by atoms with Crippen molar-refractivity contribution in [3.8, 4) is 22.5 Å². The van der Waals surface area contributed by atoms with Crippen LogP contribution in [0.2, 0.25) is 0 Å². The van der Waals surface area contributed by atoms with E-state index in [1.807, 2.05) is 71.8 Å². The lowest BCUT2D eigenvalue weighted by atomic mass is 10.1. The van der Waals surface area contributed by atoms with E-state index >= 15 is 0 Å². The van der Waals surface area contributed by atoms with E-state index in [4.69, 9.17) is 4.98 Å². The number of imidazole rings is 2. The number of rotatable bonds is 8. The summed E-state index contributed by atoms with van der Waals surface area (Å²) in [6.07, 6.45) is 5.28. The lowest BCUT2D eigenvalue weighted by Crippen LogP contribution is -2.07. The molecule has 6 heterocycles. The Labute approximate surface area is 342 Å². The van der Waals surface area contributed by atoms with Crippen molar-refractivity contribution >= 4 is 76.9 Å². The van der Waals surface area contributed by atoms with Crippen molar-refractivity contribution in [1.29, 1.82) is 0 Å². The summed E-state index contributed by atoms with van der Waals surface area (Å²) in [6, 6.07) is 33.0. The van der Waals surface area contributed by atoms with Crippen LogP contribution in [0.25, 0.3) is 55.9 Å². The summed E-state index contributed by atoms with van der Waals surface area (Å²) >= 11 is 7.02. The van der Waals surface area contributed by atoms with Gasteiger partial charge in [-0.2, -0.15) is 19.2 Å². The molecule has 0 aliphatic heterocycles. The van der Waals surface area contributed by atoms with Gasteiger partial charge in [-0.3, -0.25) is 0 Å². The molecule has 15 heteroatoms. The zero-order valence-electron chi connectivity index (χ0n) is 30.6. The minimum Gasteiger partial charge on any atom is -0.366 e. The van der Waals surface area contributed by atoms with Gasteiger partial charge in [0.25, 0.3) is 0 Å². The van der Waals surface area contributed by atoms with Gasteiger partial charge in [0.1, 0.15) is 23.3 Å². The Morgan fingerprint density at radius 3 is 2.04 bits per heavy atom. The average molecular weight is 885 g/mol. The van der Waals surface area contributed by atoms with Gasteiger partial charge in [-0.15, -0.1) is 0 Å². The highest BCUT2D eigenvalue weighted by atomic mass is 79.9. The highest BCUT2D eigenvalue weighted by Crippen LogP contribution is 2.29. The van der Waals surface area contributed by atoms with E-state index in [1.165, 1.54) is 6.07 Å². The number of aryl methyl sites for hydroxylation is 2. The Hall–Kier alpha value is -6.45. The van der Waals surface area contributed by atoms with E-state index in [9.17, 15) is 4.39 Å². The van der Waals surface area contributed by atoms with Crippen molar-refractivity contribution < 1.29 is 4.39 Å². The molecule has 4 aromatic carbocycles. The smallest absolute Gasteiger partial charge is 0.172 e. The van der Waals surface area contributed by atoms with Crippen LogP contribution in [0.5, 0.6) is 0 Å². The van der Waals surface area contributed by atoms with Crippen molar-refractivity contribution in [3.05, 3.63) is 154 Å². The normalized spacial score (nSPS) is 11.4. The maximum absolute atomic E-state index is 14.3. The lowest BCUT2D eigenvalue weighted by Gasteiger charge is -2.11. The monoisotopic (exact) mass is 882 g/mol. The van der Waals surface area contributed by atoms with Gasteiger partial charge >= 0.3 is 0 Å². The van der Waals surface area contributed by atoms with Gasteiger partial charge in [0, 0.05) is 43.4 Å². The maximum Gasteiger partial charge on any atom is 0.172 e. The predicted octanol–water partition coefficient (Wildman–Crippen LogP) is 9.75. The lowest BCUT2D eigenvalue weighted by molar-refractivity contribution is 0.630. The number of anilines is 2. The van der Waals surface area contributed by atoms with Crippen LogP contribution >= 0.6 is 31.9 Å². The third kappa shape index (κ3) is 7.34. The number of halogens is 3. The molecule has 0 saturated carbocycles. The number of fused-ring (bicyclic) bond motifs is 4. The van der Waals surface area contributed by atoms with Crippen LogP contribution in [0.3, 0.4) is 0 Å². The third-order valence-corrected chi connectivity index (χ3v) is 10.6. The molecule has 0 fully saturated rings. The highest BCUT2D eigenvalue weighted by molar-refractivity contribution is 9.11. The summed E-state index contributed by atoms with van der Waals surface area (Å²) in [4.78, 5) is 21.5. The molecule has 0 aliphatic rings. The summed E-state index contributed by atoms with van der Waals surface area (Å²) in [6.45, 7) is 3.17. The summed E-state index contributed by atoms with van der Waals surface area (Å²) in [5.74, 6) is 2.18. The average Bonchev–Trinajstić information content (AvgIpc) is 4.01. The number of benzene rings is 4. The minimum atomic E-state index is -0.314. The maximum atomic E-state index is 14.3. The Bertz CT molecular complexity index is 3060. The second-order valence-corrected chi connectivity index (χ2v) is 15.1. The first-order chi connectivity index (χ1) is 27.8. The van der Waals surface area contributed by atoms with E-state index in [0.717, 1.165) is 76.5 Å². The standard InChI is InChI=1S/C21H16BrFN6.C21H17BrN6/c1-12-26-17-7-6-13(8-19(17)27-12)10-24-20-9-18(14-4-2-3-5-16(14)23)28-21-15(22)11-25-29(20)21;1-27-13-24-18-9-14(7-8-19(18)27)11-23-20-10-17(15-5-3-2-4-6-15)26-21-16(22)12-25-28(20)21/h2-9,11,24H,10H2,1H3,(H,26,27);2-10,12-13,23H,11H2,1H3. The summed E-state index contributed by atoms with van der Waals surface area (Å²) in [5, 5.41) is 15.7. The topological polar surface area (TPSA) is 131 Å². The van der Waals surface area contributed by atoms with Crippen molar-refractivity contribution in [1.82, 2.24) is 48.7 Å². The van der Waals surface area contributed by atoms with Crippen molar-refractivity contribution in [2.75, 3.05) is 10.6 Å². The molecule has 10 rings (SSSR count). The molecular formula is C42H33Br2FN12. The van der Waals surface area contributed by atoms with E-state index in [1.54, 1.807) is 35.1 Å². The van der Waals surface area contributed by atoms with Crippen molar-refractivity contribution in [3.63, 3.8) is 0 Å². The van der Waals surface area contributed by atoms with Crippen LogP contribution in [0.4, 0.5) is 16.0 Å². The number of hydrogen-bond donors (Lipinski definition) is 3. The number of H-pyrrole nitrogens is 1. The van der Waals surface area contributed by atoms with Crippen LogP contribution in [0.1, 0.15) is 17.0 Å². The Morgan fingerprint density at radius 1 is 0.684 bits per heavy atom. The number of hydrogen-bond acceptors (Lipinski definition) is 8. The molecule has 0 amide bonds. The van der Waals surface area contributed by atoms with Gasteiger partial charge in [-0.25, -0.2) is 24.3 Å². The molecule has 0 saturated heterocycles. The fourth-order valence-corrected chi connectivity index (χ4v) is 7.36. The molecule has 0 aliphatic carbocycles. The minimum absolute atomic E-state index is 0.314. The Morgan fingerprint density at radius 2 is 1.32 bits per heavy atom. The number of nitrogens with one attached hydrogen (secondary N) is 3. The molecule has 0 bridgehead atoms. The molecule has 282 valence electrons. The fourth-order valence-electron chi connectivity index (χ4n) is 6.66. The Kier molecular flexibility index (Phi) is 9.68. The number of nitrogens with zero attached hydrogens (tertiary/aromatic N) is 9. The van der Waals surface area contributed by atoms with E-state index in [-0.39, 0.29) is 5.82 Å². The summed E-state index contributed by atoms with van der Waals surface area (Å²) in [7, 11) is 2.00. The second-order valence-electron chi connectivity index (χ2n) is 13.4. The molecule has 6 aromatic heterocycles. The van der Waals surface area contributed by atoms with Gasteiger partial charge < -0.3 is 20.2 Å². The number of aromatic amines is 1. The van der Waals surface area contributed by atoms with Crippen LogP contribution in [0, 0.1) is 12.7 Å². The predicted molar refractivity (Wildman–Crippen MR) is 228 cm³/mol. The van der Waals surface area contributed by atoms with Crippen LogP contribution in [0.15, 0.2) is 131 Å². The first-order valence-electron chi connectivity index (χ1n) is 18.0. The molecule has 0 spiro atoms. The van der Waals surface area contributed by atoms with Crippen molar-refractivity contribution in [2.24, 2.45) is 7.05 Å². The van der Waals surface area contributed by atoms with Crippen LogP contribution in [-0.4, -0.2) is 48.7 Å². The largest absolute Gasteiger partial charge is 0.366 e. The first-order valence-corrected chi connectivity index (χ1v) is 19.6. The second kappa shape index (κ2) is 15.2. The summed E-state index contributed by atoms with van der Waals surface area (Å²) in [5.41, 5.74) is 10.6. The van der Waals surface area contributed by atoms with Gasteiger partial charge in [0.15, 0.2) is 11.3 Å². The molecule has 0 radical (unpaired) electrons. The highest BCUT2D eigenvalue weighted by Gasteiger charge is 2.15. The van der Waals surface area contributed by atoms with Gasteiger partial charge in [0.05, 0.1) is 61.1 Å². The van der Waals surface area contributed by atoms with Crippen molar-refractivity contribution in [2.45, 2.75) is 20.0 Å². The SMILES string of the molecule is Cc1nc2ccc(CNc3cc(-c4ccccc4F)nc4c(Br)cnn34)cc2[nH]1.Cn1cnc2cc(CNc3cc(-c4ccccc4)nc4c(Br)cnn34)ccc21. The molecule has 10 aromatic rings. The Balaban J connectivity index is 0.000000148. The molecule has 12 nitrogen and oxygen atoms in total. The molecule has 3 N–H and O–H groups in total. The van der Waals surface area contributed by atoms with Gasteiger partial charge in [0.2, 0.25) is 0 Å². The van der Waals surface area contributed by atoms with E-state index < -0.39 is 0 Å². The zero-order chi connectivity index (χ0) is 39.0. The van der Waals surface area contributed by atoms with E-state index in [2.05, 4.69) is 109 Å². The molecule has 0 atom stereocenters. The molecule has 57 heavy (non-hydrogen) atoms.